The van der Waals surface area contributed by atoms with Gasteiger partial charge in [0, 0.05) is 29.0 Å². The first-order chi connectivity index (χ1) is 5.82. The van der Waals surface area contributed by atoms with Crippen molar-refractivity contribution in [3.63, 3.8) is 0 Å². The number of nitrogens with zero attached hydrogens (tertiary/aromatic N) is 1. The van der Waals surface area contributed by atoms with Gasteiger partial charge < -0.3 is 4.90 Å². The number of likely N-dealkylation sites (tertiary alicyclic amines) is 1. The number of carbonyl (C=O) groups is 1. The number of carbonyl (C=O) groups excluding carboxylic acids is 1. The van der Waals surface area contributed by atoms with Crippen molar-refractivity contribution in [1.82, 2.24) is 4.90 Å². The van der Waals surface area contributed by atoms with Crippen molar-refractivity contribution in [3.8, 4) is 0 Å². The second-order valence-electron chi connectivity index (χ2n) is 2.80. The Kier molecular flexibility index (Phi) is 2.84. The van der Waals surface area contributed by atoms with Gasteiger partial charge in [-0.3, -0.25) is 4.79 Å². The van der Waals surface area contributed by atoms with E-state index in [0.29, 0.717) is 4.90 Å². The lowest BCUT2D eigenvalue weighted by molar-refractivity contribution is -0.156. The summed E-state index contributed by atoms with van der Waals surface area (Å²) in [5.41, 5.74) is 0. The molecule has 1 heterocycles. The number of hydrogen-bond donors (Lipinski definition) is 0. The summed E-state index contributed by atoms with van der Waals surface area (Å²) < 4.78 is 48.3. The Morgan fingerprint density at radius 3 is 2.23 bits per heavy atom. The molecule has 13 heavy (non-hydrogen) atoms. The molecule has 1 rings (SSSR count). The van der Waals surface area contributed by atoms with E-state index in [-0.39, 0.29) is 13.1 Å². The highest BCUT2D eigenvalue weighted by atomic mass is 79.9. The summed E-state index contributed by atoms with van der Waals surface area (Å²) in [6.07, 6.45) is -2.55. The summed E-state index contributed by atoms with van der Waals surface area (Å²) in [4.78, 5) is 7.76. The van der Waals surface area contributed by atoms with E-state index in [0.717, 1.165) is 0 Å². The molecule has 0 aromatic carbocycles. The van der Waals surface area contributed by atoms with Crippen molar-refractivity contribution in [1.29, 1.82) is 0 Å². The molecule has 1 saturated heterocycles. The Morgan fingerprint density at radius 2 is 1.92 bits per heavy atom. The molecule has 0 saturated carbocycles. The summed E-state index contributed by atoms with van der Waals surface area (Å²) in [5, 5.41) is 0. The average Bonchev–Trinajstić information content (AvgIpc) is 1.80. The lowest BCUT2D eigenvalue weighted by atomic mass is 10.0. The first-order valence-corrected chi connectivity index (χ1v) is 4.26. The number of rotatable bonds is 2. The average molecular weight is 264 g/mol. The molecule has 0 spiro atoms. The Bertz CT molecular complexity index is 211. The second kappa shape index (κ2) is 3.43. The minimum Gasteiger partial charge on any atom is -0.336 e. The summed E-state index contributed by atoms with van der Waals surface area (Å²) >= 11 is 1.86. The van der Waals surface area contributed by atoms with Gasteiger partial charge in [-0.1, -0.05) is 0 Å². The molecule has 1 aliphatic rings. The number of alkyl halides is 5. The molecule has 0 radical (unpaired) electrons. The van der Waals surface area contributed by atoms with E-state index in [1.165, 1.54) is 0 Å². The fourth-order valence-electron chi connectivity index (χ4n) is 1.02. The van der Waals surface area contributed by atoms with Crippen LogP contribution in [0.5, 0.6) is 0 Å². The molecule has 0 unspecified atom stereocenters. The lowest BCUT2D eigenvalue weighted by Crippen LogP contribution is -2.56. The molecule has 76 valence electrons. The van der Waals surface area contributed by atoms with Crippen LogP contribution >= 0.6 is 15.9 Å². The van der Waals surface area contributed by atoms with Gasteiger partial charge in [-0.15, -0.1) is 0 Å². The van der Waals surface area contributed by atoms with Gasteiger partial charge in [0.1, 0.15) is 0 Å². The summed E-state index contributed by atoms with van der Waals surface area (Å²) in [6.45, 7) is -0.588. The van der Waals surface area contributed by atoms with Crippen LogP contribution in [0.1, 0.15) is 0 Å². The molecule has 0 bridgehead atoms. The fourth-order valence-corrected chi connectivity index (χ4v) is 1.27. The Hall–Kier alpha value is -0.330. The molecular formula is C6H6BrF4NO. The van der Waals surface area contributed by atoms with Gasteiger partial charge in [0.15, 0.2) is 0 Å². The van der Waals surface area contributed by atoms with Crippen molar-refractivity contribution in [3.05, 3.63) is 0 Å². The van der Waals surface area contributed by atoms with E-state index in [1.807, 2.05) is 15.9 Å². The molecule has 7 heteroatoms. The van der Waals surface area contributed by atoms with E-state index in [9.17, 15) is 22.4 Å². The maximum atomic E-state index is 12.3. The highest BCUT2D eigenvalue weighted by Crippen LogP contribution is 2.30. The van der Waals surface area contributed by atoms with Gasteiger partial charge in [0.25, 0.3) is 0 Å². The van der Waals surface area contributed by atoms with E-state index in [4.69, 9.17) is 0 Å². The van der Waals surface area contributed by atoms with Crippen molar-refractivity contribution < 1.29 is 22.4 Å². The Morgan fingerprint density at radius 1 is 1.46 bits per heavy atom. The number of hydrogen-bond acceptors (Lipinski definition) is 1. The summed E-state index contributed by atoms with van der Waals surface area (Å²) in [6, 6.07) is 0. The highest BCUT2D eigenvalue weighted by molar-refractivity contribution is 9.10. The van der Waals surface area contributed by atoms with Crippen LogP contribution in [0.4, 0.5) is 17.6 Å². The van der Waals surface area contributed by atoms with Crippen LogP contribution in [0.2, 0.25) is 0 Å². The van der Waals surface area contributed by atoms with Crippen molar-refractivity contribution >= 4 is 21.8 Å². The van der Waals surface area contributed by atoms with Crippen LogP contribution in [0.3, 0.4) is 0 Å². The molecule has 0 aromatic heterocycles. The molecule has 0 N–H and O–H groups in total. The molecule has 0 aromatic rings. The van der Waals surface area contributed by atoms with Gasteiger partial charge in [-0.2, -0.15) is 8.78 Å². The fraction of sp³-hybridized carbons (Fsp3) is 0.833. The zero-order valence-electron chi connectivity index (χ0n) is 6.31. The van der Waals surface area contributed by atoms with Crippen LogP contribution < -0.4 is 0 Å². The Balaban J connectivity index is 2.40. The summed E-state index contributed by atoms with van der Waals surface area (Å²) in [5.74, 6) is -2.41. The molecule has 1 fully saturated rings. The maximum Gasteiger partial charge on any atom is 0.377 e. The third-order valence-electron chi connectivity index (χ3n) is 1.80. The normalized spacial score (nSPS) is 19.1. The predicted molar refractivity (Wildman–Crippen MR) is 39.9 cm³/mol. The largest absolute Gasteiger partial charge is 0.377 e. The van der Waals surface area contributed by atoms with Crippen LogP contribution in [-0.4, -0.2) is 35.2 Å². The van der Waals surface area contributed by atoms with Crippen LogP contribution in [-0.2, 0) is 4.79 Å². The van der Waals surface area contributed by atoms with Crippen molar-refractivity contribution in [2.45, 2.75) is 11.3 Å². The van der Waals surface area contributed by atoms with Gasteiger partial charge >= 0.3 is 10.7 Å². The van der Waals surface area contributed by atoms with Gasteiger partial charge in [0.05, 0.1) is 5.92 Å². The maximum absolute atomic E-state index is 12.3. The van der Waals surface area contributed by atoms with Crippen molar-refractivity contribution in [2.24, 2.45) is 5.92 Å². The van der Waals surface area contributed by atoms with Gasteiger partial charge in [0.2, 0.25) is 6.43 Å². The smallest absolute Gasteiger partial charge is 0.336 e. The summed E-state index contributed by atoms with van der Waals surface area (Å²) in [7, 11) is 0. The first-order valence-electron chi connectivity index (χ1n) is 3.46. The number of halogens is 5. The van der Waals surface area contributed by atoms with Gasteiger partial charge in [-0.05, 0) is 0 Å². The molecular weight excluding hydrogens is 258 g/mol. The second-order valence-corrected chi connectivity index (χ2v) is 3.80. The van der Waals surface area contributed by atoms with Crippen LogP contribution in [0.25, 0.3) is 0 Å². The third kappa shape index (κ3) is 2.32. The topological polar surface area (TPSA) is 20.3 Å². The first kappa shape index (κ1) is 10.7. The SMILES string of the molecule is O=C(N1CC(C(F)F)C1)C(F)(F)Br. The molecule has 1 aliphatic heterocycles. The highest BCUT2D eigenvalue weighted by Gasteiger charge is 2.46. The lowest BCUT2D eigenvalue weighted by Gasteiger charge is -2.39. The quantitative estimate of drug-likeness (QED) is 0.549. The van der Waals surface area contributed by atoms with Crippen molar-refractivity contribution in [2.75, 3.05) is 13.1 Å². The zero-order chi connectivity index (χ0) is 10.2. The number of amides is 1. The standard InChI is InChI=1S/C6H6BrF4NO/c7-6(10,11)5(13)12-1-3(2-12)4(8)9/h3-4H,1-2H2. The minimum absolute atomic E-state index is 0.294. The zero-order valence-corrected chi connectivity index (χ0v) is 7.90. The molecule has 0 aliphatic carbocycles. The predicted octanol–water partition coefficient (Wildman–Crippen LogP) is 1.70. The van der Waals surface area contributed by atoms with E-state index in [2.05, 4.69) is 0 Å². The van der Waals surface area contributed by atoms with Crippen LogP contribution in [0.15, 0.2) is 0 Å². The molecule has 0 atom stereocenters. The minimum atomic E-state index is -3.64. The third-order valence-corrected chi connectivity index (χ3v) is 2.14. The monoisotopic (exact) mass is 263 g/mol. The Labute approximate surface area is 80.0 Å². The molecule has 2 nitrogen and oxygen atoms in total. The van der Waals surface area contributed by atoms with E-state index in [1.54, 1.807) is 0 Å². The van der Waals surface area contributed by atoms with Crippen LogP contribution in [0, 0.1) is 5.92 Å². The van der Waals surface area contributed by atoms with E-state index >= 15 is 0 Å². The van der Waals surface area contributed by atoms with Gasteiger partial charge in [-0.25, -0.2) is 8.78 Å². The molecule has 1 amide bonds. The van der Waals surface area contributed by atoms with E-state index < -0.39 is 23.1 Å².